The largest absolute Gasteiger partial charge is 0.490 e. The molecule has 0 amide bonds. The zero-order chi connectivity index (χ0) is 29.6. The molecule has 8 nitrogen and oxygen atoms in total. The first-order chi connectivity index (χ1) is 19.4. The van der Waals surface area contributed by atoms with E-state index in [1.165, 1.54) is 12.1 Å². The van der Waals surface area contributed by atoms with Gasteiger partial charge in [-0.1, -0.05) is 48.0 Å². The smallest absolute Gasteiger partial charge is 0.475 e. The average Bonchev–Trinajstić information content (AvgIpc) is 3.31. The second-order valence-electron chi connectivity index (χ2n) is 8.52. The van der Waals surface area contributed by atoms with Crippen LogP contribution in [-0.4, -0.2) is 35.6 Å². The van der Waals surface area contributed by atoms with Gasteiger partial charge in [0.25, 0.3) is 10.0 Å². The summed E-state index contributed by atoms with van der Waals surface area (Å²) < 4.78 is 65.5. The number of carboxylic acid groups (broad SMARTS) is 1. The van der Waals surface area contributed by atoms with Crippen molar-refractivity contribution in [3.63, 3.8) is 0 Å². The molecular formula is C28H21ClF3N3O5S. The first-order valence-electron chi connectivity index (χ1n) is 11.8. The lowest BCUT2D eigenvalue weighted by molar-refractivity contribution is -0.192. The Labute approximate surface area is 237 Å². The number of alkyl halides is 3. The highest BCUT2D eigenvalue weighted by Crippen LogP contribution is 2.24. The van der Waals surface area contributed by atoms with Crippen LogP contribution >= 0.6 is 11.6 Å². The molecule has 0 unspecified atom stereocenters. The minimum Gasteiger partial charge on any atom is -0.475 e. The fraction of sp³-hybridized carbons (Fsp3) is 0.0714. The summed E-state index contributed by atoms with van der Waals surface area (Å²) in [5.74, 6) is -0.431. The molecule has 5 rings (SSSR count). The monoisotopic (exact) mass is 603 g/mol. The van der Waals surface area contributed by atoms with Crippen LogP contribution in [0.2, 0.25) is 5.02 Å². The number of ether oxygens (including phenoxy) is 1. The third kappa shape index (κ3) is 8.22. The lowest BCUT2D eigenvalue weighted by Gasteiger charge is -2.08. The van der Waals surface area contributed by atoms with Gasteiger partial charge in [0.2, 0.25) is 0 Å². The van der Waals surface area contributed by atoms with Gasteiger partial charge in [-0.15, -0.1) is 0 Å². The molecule has 0 bridgehead atoms. The molecule has 13 heteroatoms. The van der Waals surface area contributed by atoms with Crippen LogP contribution in [-0.2, 0) is 21.2 Å². The molecule has 1 aromatic heterocycles. The Hall–Kier alpha value is -4.55. The second kappa shape index (κ2) is 12.3. The van der Waals surface area contributed by atoms with Crippen LogP contribution in [0.5, 0.6) is 11.5 Å². The molecule has 0 aliphatic carbocycles. The predicted octanol–water partition coefficient (Wildman–Crippen LogP) is 7.03. The van der Waals surface area contributed by atoms with Gasteiger partial charge in [-0.25, -0.2) is 18.2 Å². The summed E-state index contributed by atoms with van der Waals surface area (Å²) in [6, 6.07) is 28.8. The van der Waals surface area contributed by atoms with Gasteiger partial charge >= 0.3 is 12.1 Å². The van der Waals surface area contributed by atoms with Crippen molar-refractivity contribution in [3.05, 3.63) is 113 Å². The number of halogens is 4. The summed E-state index contributed by atoms with van der Waals surface area (Å²) in [6.07, 6.45) is -4.48. The van der Waals surface area contributed by atoms with Crippen LogP contribution in [0.4, 0.5) is 18.9 Å². The highest BCUT2D eigenvalue weighted by atomic mass is 35.5. The van der Waals surface area contributed by atoms with E-state index in [-0.39, 0.29) is 4.90 Å². The minimum absolute atomic E-state index is 0.102. The molecule has 5 aromatic rings. The topological polar surface area (TPSA) is 121 Å². The number of carbonyl (C=O) groups is 1. The highest BCUT2D eigenvalue weighted by molar-refractivity contribution is 7.92. The van der Waals surface area contributed by atoms with Crippen LogP contribution in [0.15, 0.2) is 102 Å². The number of nitrogens with one attached hydrogen (secondary N) is 2. The molecule has 4 aromatic carbocycles. The Morgan fingerprint density at radius 3 is 2.22 bits per heavy atom. The van der Waals surface area contributed by atoms with E-state index in [0.717, 1.165) is 33.9 Å². The van der Waals surface area contributed by atoms with Gasteiger partial charge in [-0.3, -0.25) is 4.72 Å². The van der Waals surface area contributed by atoms with E-state index in [0.29, 0.717) is 17.1 Å². The van der Waals surface area contributed by atoms with Gasteiger partial charge in [0.15, 0.2) is 0 Å². The number of sulfonamides is 1. The Kier molecular flexibility index (Phi) is 8.84. The molecule has 0 radical (unpaired) electrons. The number of benzene rings is 4. The molecule has 0 atom stereocenters. The van der Waals surface area contributed by atoms with E-state index < -0.39 is 22.2 Å². The van der Waals surface area contributed by atoms with E-state index in [9.17, 15) is 21.6 Å². The average molecular weight is 604 g/mol. The van der Waals surface area contributed by atoms with Crippen molar-refractivity contribution in [3.8, 4) is 11.5 Å². The van der Waals surface area contributed by atoms with Gasteiger partial charge < -0.3 is 14.8 Å². The SMILES string of the molecule is O=C(O)C(F)(F)F.O=S(=O)(Nc1ccc2nc(Cc3ccc(Oc4ccccc4)cc3)[nH]c2c1)c1cccc(Cl)c1. The zero-order valence-electron chi connectivity index (χ0n) is 20.9. The van der Waals surface area contributed by atoms with Gasteiger partial charge in [-0.05, 0) is 66.2 Å². The van der Waals surface area contributed by atoms with Gasteiger partial charge in [-0.2, -0.15) is 13.2 Å². The maximum atomic E-state index is 12.7. The van der Waals surface area contributed by atoms with Crippen LogP contribution in [0.3, 0.4) is 0 Å². The number of carboxylic acids is 1. The number of para-hydroxylation sites is 1. The Balaban J connectivity index is 0.000000493. The molecule has 0 spiro atoms. The molecule has 0 fully saturated rings. The summed E-state index contributed by atoms with van der Waals surface area (Å²) in [4.78, 5) is 16.9. The minimum atomic E-state index is -5.08. The van der Waals surface area contributed by atoms with Crippen LogP contribution in [0.1, 0.15) is 11.4 Å². The standard InChI is InChI=1S/C26H20ClN3O3S.C2HF3O2/c27-19-5-4-8-23(16-19)34(31,32)30-20-11-14-24-25(17-20)29-26(28-24)15-18-9-12-22(13-10-18)33-21-6-2-1-3-7-21;3-2(4,5)1(6)7/h1-14,16-17,30H,15H2,(H,28,29);(H,6,7). The summed E-state index contributed by atoms with van der Waals surface area (Å²) in [6.45, 7) is 0. The third-order valence-electron chi connectivity index (χ3n) is 5.41. The van der Waals surface area contributed by atoms with Crippen LogP contribution in [0, 0.1) is 0 Å². The van der Waals surface area contributed by atoms with E-state index in [1.807, 2.05) is 54.6 Å². The molecule has 3 N–H and O–H groups in total. The lowest BCUT2D eigenvalue weighted by Crippen LogP contribution is -2.21. The second-order valence-corrected chi connectivity index (χ2v) is 10.6. The molecule has 1 heterocycles. The number of fused-ring (bicyclic) bond motifs is 1. The van der Waals surface area contributed by atoms with Crippen molar-refractivity contribution in [2.75, 3.05) is 4.72 Å². The van der Waals surface area contributed by atoms with Crippen molar-refractivity contribution in [1.82, 2.24) is 9.97 Å². The van der Waals surface area contributed by atoms with Crippen molar-refractivity contribution in [1.29, 1.82) is 0 Å². The number of hydrogen-bond donors (Lipinski definition) is 3. The van der Waals surface area contributed by atoms with E-state index in [4.69, 9.17) is 26.2 Å². The number of aromatic nitrogens is 2. The summed E-state index contributed by atoms with van der Waals surface area (Å²) >= 11 is 5.93. The van der Waals surface area contributed by atoms with Crippen LogP contribution in [0.25, 0.3) is 11.0 Å². The number of nitrogens with zero attached hydrogens (tertiary/aromatic N) is 1. The molecule has 41 heavy (non-hydrogen) atoms. The summed E-state index contributed by atoms with van der Waals surface area (Å²) in [5, 5.41) is 7.48. The summed E-state index contributed by atoms with van der Waals surface area (Å²) in [5.41, 5.74) is 3.00. The Morgan fingerprint density at radius 1 is 0.927 bits per heavy atom. The zero-order valence-corrected chi connectivity index (χ0v) is 22.5. The quantitative estimate of drug-likeness (QED) is 0.184. The fourth-order valence-corrected chi connectivity index (χ4v) is 4.90. The molecule has 0 saturated heterocycles. The Morgan fingerprint density at radius 2 is 1.59 bits per heavy atom. The van der Waals surface area contributed by atoms with Crippen molar-refractivity contribution < 1.29 is 36.2 Å². The molecular weight excluding hydrogens is 583 g/mol. The van der Waals surface area contributed by atoms with Crippen molar-refractivity contribution in [2.45, 2.75) is 17.5 Å². The number of hydrogen-bond acceptors (Lipinski definition) is 5. The number of rotatable bonds is 7. The number of imidazole rings is 1. The van der Waals surface area contributed by atoms with Crippen molar-refractivity contribution >= 4 is 44.3 Å². The first-order valence-corrected chi connectivity index (χ1v) is 13.6. The number of aliphatic carboxylic acids is 1. The van der Waals surface area contributed by atoms with Crippen molar-refractivity contribution in [2.24, 2.45) is 0 Å². The van der Waals surface area contributed by atoms with Gasteiger partial charge in [0.05, 0.1) is 21.6 Å². The first kappa shape index (κ1) is 29.4. The van der Waals surface area contributed by atoms with E-state index in [2.05, 4.69) is 14.7 Å². The third-order valence-corrected chi connectivity index (χ3v) is 7.02. The number of anilines is 1. The Bertz CT molecular complexity index is 1760. The normalized spacial score (nSPS) is 11.4. The van der Waals surface area contributed by atoms with Crippen LogP contribution < -0.4 is 9.46 Å². The molecule has 0 saturated carbocycles. The maximum absolute atomic E-state index is 12.7. The summed E-state index contributed by atoms with van der Waals surface area (Å²) in [7, 11) is -3.75. The number of aromatic amines is 1. The molecule has 212 valence electrons. The lowest BCUT2D eigenvalue weighted by atomic mass is 10.1. The molecule has 0 aliphatic rings. The predicted molar refractivity (Wildman–Crippen MR) is 148 cm³/mol. The maximum Gasteiger partial charge on any atom is 0.490 e. The highest BCUT2D eigenvalue weighted by Gasteiger charge is 2.38. The van der Waals surface area contributed by atoms with Gasteiger partial charge in [0, 0.05) is 11.4 Å². The number of H-pyrrole nitrogens is 1. The van der Waals surface area contributed by atoms with Gasteiger partial charge in [0.1, 0.15) is 17.3 Å². The molecule has 0 aliphatic heterocycles. The van der Waals surface area contributed by atoms with E-state index >= 15 is 0 Å². The van der Waals surface area contributed by atoms with E-state index in [1.54, 1.807) is 30.3 Å². The fourth-order valence-electron chi connectivity index (χ4n) is 3.55.